The zero-order valence-electron chi connectivity index (χ0n) is 7.40. The Bertz CT molecular complexity index is 314. The van der Waals surface area contributed by atoms with Gasteiger partial charge < -0.3 is 5.73 Å². The minimum Gasteiger partial charge on any atom is -0.350 e. The highest BCUT2D eigenvalue weighted by atomic mass is 32.1. The summed E-state index contributed by atoms with van der Waals surface area (Å²) < 4.78 is 1.15. The van der Waals surface area contributed by atoms with Gasteiger partial charge in [-0.3, -0.25) is 0 Å². The Labute approximate surface area is 83.1 Å². The number of hydrogen-bond donors (Lipinski definition) is 2. The fourth-order valence-electron chi connectivity index (χ4n) is 1.14. The first-order chi connectivity index (χ1) is 6.16. The van der Waals surface area contributed by atoms with Gasteiger partial charge in [-0.25, -0.2) is 9.10 Å². The number of carbonyl (C=O) groups excluding carboxylic acids is 1. The largest absolute Gasteiger partial charge is 0.350 e. The summed E-state index contributed by atoms with van der Waals surface area (Å²) in [7, 11) is 0. The molecule has 1 aromatic rings. The number of aryl methyl sites for hydroxylation is 1. The molecule has 2 N–H and O–H groups in total. The van der Waals surface area contributed by atoms with Crippen LogP contribution < -0.4 is 10.0 Å². The molecule has 0 saturated carbocycles. The predicted octanol–water partition coefficient (Wildman–Crippen LogP) is 1.98. The number of anilines is 1. The van der Waals surface area contributed by atoms with Crippen molar-refractivity contribution in [1.82, 2.24) is 0 Å². The van der Waals surface area contributed by atoms with Gasteiger partial charge in [0.1, 0.15) is 0 Å². The molecule has 0 aliphatic rings. The van der Waals surface area contributed by atoms with E-state index in [1.807, 2.05) is 31.2 Å². The van der Waals surface area contributed by atoms with Gasteiger partial charge in [-0.1, -0.05) is 37.9 Å². The first kappa shape index (κ1) is 9.92. The SMILES string of the molecule is CCc1ccccc1N(S)C(N)=O. The summed E-state index contributed by atoms with van der Waals surface area (Å²) in [5, 5.41) is 0. The average molecular weight is 196 g/mol. The molecular formula is C9H12N2OS. The van der Waals surface area contributed by atoms with Crippen LogP contribution in [-0.4, -0.2) is 6.03 Å². The fraction of sp³-hybridized carbons (Fsp3) is 0.222. The number of rotatable bonds is 2. The monoisotopic (exact) mass is 196 g/mol. The van der Waals surface area contributed by atoms with Crippen LogP contribution in [0.2, 0.25) is 0 Å². The van der Waals surface area contributed by atoms with Crippen molar-refractivity contribution in [3.63, 3.8) is 0 Å². The van der Waals surface area contributed by atoms with E-state index in [1.54, 1.807) is 0 Å². The van der Waals surface area contributed by atoms with E-state index in [2.05, 4.69) is 12.8 Å². The normalized spacial score (nSPS) is 9.69. The summed E-state index contributed by atoms with van der Waals surface area (Å²) in [5.41, 5.74) is 6.91. The standard InChI is InChI=1S/C9H12N2OS/c1-2-7-5-3-4-6-8(7)11(13)9(10)12/h3-6,13H,2H2,1H3,(H2,10,12). The number of benzene rings is 1. The topological polar surface area (TPSA) is 46.3 Å². The van der Waals surface area contributed by atoms with Gasteiger partial charge in [0.2, 0.25) is 0 Å². The van der Waals surface area contributed by atoms with Gasteiger partial charge in [0.25, 0.3) is 0 Å². The van der Waals surface area contributed by atoms with Gasteiger partial charge in [-0.2, -0.15) is 0 Å². The van der Waals surface area contributed by atoms with Gasteiger partial charge in [0.05, 0.1) is 5.69 Å². The fourth-order valence-corrected chi connectivity index (χ4v) is 1.33. The summed E-state index contributed by atoms with van der Waals surface area (Å²) >= 11 is 4.00. The lowest BCUT2D eigenvalue weighted by atomic mass is 10.1. The van der Waals surface area contributed by atoms with Crippen LogP contribution >= 0.6 is 12.8 Å². The Morgan fingerprint density at radius 3 is 2.69 bits per heavy atom. The van der Waals surface area contributed by atoms with Gasteiger partial charge in [0, 0.05) is 0 Å². The van der Waals surface area contributed by atoms with Gasteiger partial charge in [0.15, 0.2) is 0 Å². The summed E-state index contributed by atoms with van der Waals surface area (Å²) in [6, 6.07) is 6.97. The number of hydrogen-bond acceptors (Lipinski definition) is 2. The number of nitrogens with two attached hydrogens (primary N) is 1. The molecule has 0 fully saturated rings. The lowest BCUT2D eigenvalue weighted by Gasteiger charge is -2.15. The lowest BCUT2D eigenvalue weighted by Crippen LogP contribution is -2.27. The number of primary amides is 1. The molecule has 0 radical (unpaired) electrons. The highest BCUT2D eigenvalue weighted by Gasteiger charge is 2.10. The number of thiol groups is 1. The third-order valence-electron chi connectivity index (χ3n) is 1.81. The Hall–Kier alpha value is -1.16. The third kappa shape index (κ3) is 2.15. The van der Waals surface area contributed by atoms with Gasteiger partial charge >= 0.3 is 6.03 Å². The average Bonchev–Trinajstić information content (AvgIpc) is 2.16. The molecule has 0 aromatic heterocycles. The van der Waals surface area contributed by atoms with Crippen LogP contribution in [0.15, 0.2) is 24.3 Å². The molecule has 0 spiro atoms. The van der Waals surface area contributed by atoms with Crippen molar-refractivity contribution in [3.05, 3.63) is 29.8 Å². The second-order valence-electron chi connectivity index (χ2n) is 2.63. The van der Waals surface area contributed by atoms with E-state index in [1.165, 1.54) is 0 Å². The summed E-state index contributed by atoms with van der Waals surface area (Å²) in [6.45, 7) is 2.02. The molecule has 0 atom stereocenters. The van der Waals surface area contributed by atoms with E-state index in [0.717, 1.165) is 22.0 Å². The molecule has 0 aliphatic carbocycles. The van der Waals surface area contributed by atoms with Crippen LogP contribution in [0.1, 0.15) is 12.5 Å². The molecular weight excluding hydrogens is 184 g/mol. The zero-order chi connectivity index (χ0) is 9.84. The molecule has 1 aromatic carbocycles. The number of amides is 2. The highest BCUT2D eigenvalue weighted by molar-refractivity contribution is 7.82. The number of urea groups is 1. The van der Waals surface area contributed by atoms with Crippen molar-refractivity contribution in [3.8, 4) is 0 Å². The maximum atomic E-state index is 10.8. The number of para-hydroxylation sites is 1. The Morgan fingerprint density at radius 2 is 2.15 bits per heavy atom. The maximum absolute atomic E-state index is 10.8. The molecule has 3 nitrogen and oxygen atoms in total. The molecule has 1 rings (SSSR count). The highest BCUT2D eigenvalue weighted by Crippen LogP contribution is 2.21. The minimum absolute atomic E-state index is 0.566. The summed E-state index contributed by atoms with van der Waals surface area (Å²) in [5.74, 6) is 0. The van der Waals surface area contributed by atoms with Crippen molar-refractivity contribution in [1.29, 1.82) is 0 Å². The van der Waals surface area contributed by atoms with Crippen molar-refractivity contribution in [2.24, 2.45) is 5.73 Å². The molecule has 0 saturated heterocycles. The quantitative estimate of drug-likeness (QED) is 0.698. The summed E-state index contributed by atoms with van der Waals surface area (Å²) in [6.07, 6.45) is 0.848. The first-order valence-corrected chi connectivity index (χ1v) is 4.43. The third-order valence-corrected chi connectivity index (χ3v) is 2.22. The van der Waals surface area contributed by atoms with Crippen LogP contribution in [-0.2, 0) is 6.42 Å². The summed E-state index contributed by atoms with van der Waals surface area (Å²) in [4.78, 5) is 10.8. The Morgan fingerprint density at radius 1 is 1.54 bits per heavy atom. The maximum Gasteiger partial charge on any atom is 0.329 e. The number of nitrogens with zero attached hydrogens (tertiary/aromatic N) is 1. The molecule has 4 heteroatoms. The molecule has 0 heterocycles. The minimum atomic E-state index is -0.566. The second kappa shape index (κ2) is 4.18. The van der Waals surface area contributed by atoms with Gasteiger partial charge in [-0.05, 0) is 18.1 Å². The van der Waals surface area contributed by atoms with Crippen molar-refractivity contribution >= 4 is 24.5 Å². The zero-order valence-corrected chi connectivity index (χ0v) is 8.29. The van der Waals surface area contributed by atoms with Crippen molar-refractivity contribution in [2.45, 2.75) is 13.3 Å². The van der Waals surface area contributed by atoms with E-state index < -0.39 is 6.03 Å². The first-order valence-electron chi connectivity index (χ1n) is 4.03. The van der Waals surface area contributed by atoms with Crippen LogP contribution in [0.25, 0.3) is 0 Å². The van der Waals surface area contributed by atoms with Crippen LogP contribution in [0, 0.1) is 0 Å². The smallest absolute Gasteiger partial charge is 0.329 e. The van der Waals surface area contributed by atoms with Crippen molar-refractivity contribution in [2.75, 3.05) is 4.31 Å². The Balaban J connectivity index is 3.05. The molecule has 13 heavy (non-hydrogen) atoms. The van der Waals surface area contributed by atoms with E-state index in [0.29, 0.717) is 0 Å². The molecule has 0 aliphatic heterocycles. The van der Waals surface area contributed by atoms with Crippen molar-refractivity contribution < 1.29 is 4.79 Å². The van der Waals surface area contributed by atoms with Crippen LogP contribution in [0.3, 0.4) is 0 Å². The van der Waals surface area contributed by atoms with E-state index >= 15 is 0 Å². The van der Waals surface area contributed by atoms with Gasteiger partial charge in [-0.15, -0.1) is 0 Å². The predicted molar refractivity (Wildman–Crippen MR) is 56.9 cm³/mol. The Kier molecular flexibility index (Phi) is 3.19. The van der Waals surface area contributed by atoms with Crippen LogP contribution in [0.4, 0.5) is 10.5 Å². The second-order valence-corrected chi connectivity index (χ2v) is 3.03. The van der Waals surface area contributed by atoms with Crippen LogP contribution in [0.5, 0.6) is 0 Å². The molecule has 0 bridgehead atoms. The number of carbonyl (C=O) groups is 1. The lowest BCUT2D eigenvalue weighted by molar-refractivity contribution is 0.257. The van der Waals surface area contributed by atoms with E-state index in [-0.39, 0.29) is 0 Å². The molecule has 0 unspecified atom stereocenters. The molecule has 70 valence electrons. The van der Waals surface area contributed by atoms with E-state index in [4.69, 9.17) is 5.73 Å². The van der Waals surface area contributed by atoms with E-state index in [9.17, 15) is 4.79 Å². The molecule has 2 amide bonds.